The molecule has 1 aromatic carbocycles. The molecule has 2 rings (SSSR count). The minimum Gasteiger partial charge on any atom is -0.497 e. The van der Waals surface area contributed by atoms with Crippen molar-refractivity contribution in [1.29, 1.82) is 0 Å². The summed E-state index contributed by atoms with van der Waals surface area (Å²) in [6.45, 7) is 0.537. The second kappa shape index (κ2) is 5.61. The smallest absolute Gasteiger partial charge is 0.340 e. The quantitative estimate of drug-likeness (QED) is 0.629. The summed E-state index contributed by atoms with van der Waals surface area (Å²) >= 11 is 3.42. The SMILES string of the molecule is COC(=O)c1cc(OC)ccc1N1CC(Br)CC1=O. The number of hydrogen-bond donors (Lipinski definition) is 0. The van der Waals surface area contributed by atoms with Gasteiger partial charge in [0.05, 0.1) is 25.5 Å². The predicted molar refractivity (Wildman–Crippen MR) is 74.0 cm³/mol. The van der Waals surface area contributed by atoms with Crippen molar-refractivity contribution in [3.05, 3.63) is 23.8 Å². The van der Waals surface area contributed by atoms with Gasteiger partial charge in [0, 0.05) is 17.8 Å². The fourth-order valence-electron chi connectivity index (χ4n) is 2.05. The molecule has 102 valence electrons. The van der Waals surface area contributed by atoms with Crippen molar-refractivity contribution in [2.45, 2.75) is 11.2 Å². The van der Waals surface area contributed by atoms with E-state index in [0.717, 1.165) is 0 Å². The Morgan fingerprint density at radius 1 is 1.42 bits per heavy atom. The van der Waals surface area contributed by atoms with E-state index in [2.05, 4.69) is 15.9 Å². The monoisotopic (exact) mass is 327 g/mol. The molecule has 0 saturated carbocycles. The molecule has 5 nitrogen and oxygen atoms in total. The number of carbonyl (C=O) groups excluding carboxylic acids is 2. The number of anilines is 1. The van der Waals surface area contributed by atoms with Gasteiger partial charge in [0.1, 0.15) is 5.75 Å². The van der Waals surface area contributed by atoms with Crippen LogP contribution in [0.5, 0.6) is 5.75 Å². The molecule has 1 aromatic rings. The fraction of sp³-hybridized carbons (Fsp3) is 0.385. The Balaban J connectivity index is 2.44. The van der Waals surface area contributed by atoms with Crippen LogP contribution >= 0.6 is 15.9 Å². The van der Waals surface area contributed by atoms with E-state index in [4.69, 9.17) is 9.47 Å². The zero-order valence-electron chi connectivity index (χ0n) is 10.7. The molecule has 6 heteroatoms. The number of benzene rings is 1. The summed E-state index contributed by atoms with van der Waals surface area (Å²) < 4.78 is 9.85. The highest BCUT2D eigenvalue weighted by atomic mass is 79.9. The molecule has 0 aromatic heterocycles. The van der Waals surface area contributed by atoms with Crippen LogP contribution in [0.1, 0.15) is 16.8 Å². The van der Waals surface area contributed by atoms with Gasteiger partial charge in [-0.15, -0.1) is 0 Å². The Morgan fingerprint density at radius 3 is 2.68 bits per heavy atom. The standard InChI is InChI=1S/C13H14BrNO4/c1-18-9-3-4-11(10(6-9)13(17)19-2)15-7-8(14)5-12(15)16/h3-4,6,8H,5,7H2,1-2H3. The molecule has 1 unspecified atom stereocenters. The minimum atomic E-state index is -0.486. The number of ether oxygens (including phenoxy) is 2. The van der Waals surface area contributed by atoms with E-state index in [1.54, 1.807) is 23.1 Å². The van der Waals surface area contributed by atoms with Gasteiger partial charge in [0.25, 0.3) is 0 Å². The molecule has 1 saturated heterocycles. The van der Waals surface area contributed by atoms with Gasteiger partial charge in [-0.05, 0) is 18.2 Å². The van der Waals surface area contributed by atoms with Crippen molar-refractivity contribution in [3.8, 4) is 5.75 Å². The molecule has 1 fully saturated rings. The number of halogens is 1. The molecule has 1 aliphatic heterocycles. The van der Waals surface area contributed by atoms with Gasteiger partial charge < -0.3 is 14.4 Å². The van der Waals surface area contributed by atoms with Crippen LogP contribution in [0.3, 0.4) is 0 Å². The van der Waals surface area contributed by atoms with Crippen LogP contribution in [-0.4, -0.2) is 37.5 Å². The number of methoxy groups -OCH3 is 2. The molecule has 0 spiro atoms. The maximum atomic E-state index is 11.9. The summed E-state index contributed by atoms with van der Waals surface area (Å²) in [5, 5.41) is 0. The Hall–Kier alpha value is -1.56. The summed E-state index contributed by atoms with van der Waals surface area (Å²) in [7, 11) is 2.83. The zero-order chi connectivity index (χ0) is 14.0. The summed E-state index contributed by atoms with van der Waals surface area (Å²) in [4.78, 5) is 25.4. The van der Waals surface area contributed by atoms with Crippen molar-refractivity contribution in [1.82, 2.24) is 0 Å². The van der Waals surface area contributed by atoms with E-state index in [9.17, 15) is 9.59 Å². The van der Waals surface area contributed by atoms with Gasteiger partial charge in [0.15, 0.2) is 0 Å². The van der Waals surface area contributed by atoms with Crippen molar-refractivity contribution >= 4 is 33.5 Å². The average molecular weight is 328 g/mol. The van der Waals surface area contributed by atoms with E-state index >= 15 is 0 Å². The van der Waals surface area contributed by atoms with Gasteiger partial charge in [-0.3, -0.25) is 4.79 Å². The fourth-order valence-corrected chi connectivity index (χ4v) is 2.61. The molecule has 1 amide bonds. The molecular formula is C13H14BrNO4. The minimum absolute atomic E-state index is 0.0165. The van der Waals surface area contributed by atoms with Crippen LogP contribution in [0.2, 0.25) is 0 Å². The van der Waals surface area contributed by atoms with Crippen LogP contribution in [-0.2, 0) is 9.53 Å². The number of esters is 1. The highest BCUT2D eigenvalue weighted by Crippen LogP contribution is 2.31. The first kappa shape index (κ1) is 13.9. The van der Waals surface area contributed by atoms with Crippen molar-refractivity contribution in [2.75, 3.05) is 25.7 Å². The Bertz CT molecular complexity index is 517. The molecule has 0 N–H and O–H groups in total. The first-order valence-electron chi connectivity index (χ1n) is 5.77. The van der Waals surface area contributed by atoms with Crippen LogP contribution < -0.4 is 9.64 Å². The van der Waals surface area contributed by atoms with Gasteiger partial charge in [-0.2, -0.15) is 0 Å². The lowest BCUT2D eigenvalue weighted by Gasteiger charge is -2.19. The first-order chi connectivity index (χ1) is 9.06. The highest BCUT2D eigenvalue weighted by Gasteiger charge is 2.31. The predicted octanol–water partition coefficient (Wildman–Crippen LogP) is 1.98. The van der Waals surface area contributed by atoms with Gasteiger partial charge >= 0.3 is 5.97 Å². The summed E-state index contributed by atoms with van der Waals surface area (Å²) in [6, 6.07) is 5.00. The van der Waals surface area contributed by atoms with E-state index in [1.807, 2.05) is 0 Å². The Morgan fingerprint density at radius 2 is 2.16 bits per heavy atom. The number of hydrogen-bond acceptors (Lipinski definition) is 4. The lowest BCUT2D eigenvalue weighted by atomic mass is 10.1. The molecule has 1 heterocycles. The van der Waals surface area contributed by atoms with Gasteiger partial charge in [-0.1, -0.05) is 15.9 Å². The molecule has 0 radical (unpaired) electrons. The zero-order valence-corrected chi connectivity index (χ0v) is 12.3. The van der Waals surface area contributed by atoms with E-state index < -0.39 is 5.97 Å². The van der Waals surface area contributed by atoms with Gasteiger partial charge in [0.2, 0.25) is 5.91 Å². The third-order valence-corrected chi connectivity index (χ3v) is 3.59. The topological polar surface area (TPSA) is 55.8 Å². The third-order valence-electron chi connectivity index (χ3n) is 2.98. The van der Waals surface area contributed by atoms with Crippen LogP contribution in [0.4, 0.5) is 5.69 Å². The van der Waals surface area contributed by atoms with Crippen molar-refractivity contribution in [2.24, 2.45) is 0 Å². The van der Waals surface area contributed by atoms with Gasteiger partial charge in [-0.25, -0.2) is 4.79 Å². The Kier molecular flexibility index (Phi) is 4.09. The molecule has 1 aliphatic rings. The van der Waals surface area contributed by atoms with E-state index in [0.29, 0.717) is 30.0 Å². The largest absolute Gasteiger partial charge is 0.497 e. The van der Waals surface area contributed by atoms with Crippen LogP contribution in [0.25, 0.3) is 0 Å². The Labute approximate surface area is 119 Å². The molecule has 1 atom stereocenters. The van der Waals surface area contributed by atoms with Crippen LogP contribution in [0, 0.1) is 0 Å². The maximum absolute atomic E-state index is 11.9. The second-order valence-corrected chi connectivity index (χ2v) is 5.48. The number of carbonyl (C=O) groups is 2. The molecule has 0 bridgehead atoms. The summed E-state index contributed by atoms with van der Waals surface area (Å²) in [5.41, 5.74) is 0.886. The number of alkyl halides is 1. The summed E-state index contributed by atoms with van der Waals surface area (Å²) in [6.07, 6.45) is 0.423. The second-order valence-electron chi connectivity index (χ2n) is 4.18. The lowest BCUT2D eigenvalue weighted by molar-refractivity contribution is -0.117. The summed E-state index contributed by atoms with van der Waals surface area (Å²) in [5.74, 6) is 0.0445. The number of nitrogens with zero attached hydrogens (tertiary/aromatic N) is 1. The van der Waals surface area contributed by atoms with Crippen molar-refractivity contribution in [3.63, 3.8) is 0 Å². The number of amides is 1. The van der Waals surface area contributed by atoms with Crippen molar-refractivity contribution < 1.29 is 19.1 Å². The first-order valence-corrected chi connectivity index (χ1v) is 6.69. The molecular weight excluding hydrogens is 314 g/mol. The average Bonchev–Trinajstić information content (AvgIpc) is 2.76. The molecule has 19 heavy (non-hydrogen) atoms. The third kappa shape index (κ3) is 2.73. The van der Waals surface area contributed by atoms with E-state index in [1.165, 1.54) is 14.2 Å². The number of rotatable bonds is 3. The molecule has 0 aliphatic carbocycles. The normalized spacial score (nSPS) is 18.6. The van der Waals surface area contributed by atoms with Crippen LogP contribution in [0.15, 0.2) is 18.2 Å². The lowest BCUT2D eigenvalue weighted by Crippen LogP contribution is -2.26. The van der Waals surface area contributed by atoms with E-state index in [-0.39, 0.29) is 10.7 Å². The maximum Gasteiger partial charge on any atom is 0.340 e. The highest BCUT2D eigenvalue weighted by molar-refractivity contribution is 9.09.